The molecule has 1 aromatic carbocycles. The first-order valence-corrected chi connectivity index (χ1v) is 8.40. The lowest BCUT2D eigenvalue weighted by Crippen LogP contribution is -2.31. The van der Waals surface area contributed by atoms with Crippen LogP contribution in [0.1, 0.15) is 36.8 Å². The quantitative estimate of drug-likeness (QED) is 0.765. The molecule has 2 aromatic rings. The summed E-state index contributed by atoms with van der Waals surface area (Å²) < 4.78 is 1.14. The molecule has 0 aliphatic carbocycles. The van der Waals surface area contributed by atoms with Crippen LogP contribution in [0.15, 0.2) is 46.3 Å². The van der Waals surface area contributed by atoms with Gasteiger partial charge in [-0.15, -0.1) is 11.3 Å². The fraction of sp³-hybridized carbons (Fsp3) is 0.375. The summed E-state index contributed by atoms with van der Waals surface area (Å²) in [5.41, 5.74) is 1.38. The van der Waals surface area contributed by atoms with E-state index < -0.39 is 0 Å². The Bertz CT molecular complexity index is 478. The van der Waals surface area contributed by atoms with Crippen LogP contribution in [0.3, 0.4) is 0 Å². The molecule has 0 saturated carbocycles. The molecule has 2 atom stereocenters. The first kappa shape index (κ1) is 14.8. The van der Waals surface area contributed by atoms with Crippen LogP contribution >= 0.6 is 27.3 Å². The lowest BCUT2D eigenvalue weighted by molar-refractivity contribution is 0.448. The van der Waals surface area contributed by atoms with Crippen molar-refractivity contribution < 1.29 is 0 Å². The Balaban J connectivity index is 1.93. The number of rotatable bonds is 6. The van der Waals surface area contributed by atoms with Gasteiger partial charge in [0.1, 0.15) is 0 Å². The van der Waals surface area contributed by atoms with Crippen LogP contribution in [0.5, 0.6) is 0 Å². The zero-order valence-corrected chi connectivity index (χ0v) is 13.8. The molecule has 3 heteroatoms. The fourth-order valence-corrected chi connectivity index (χ4v) is 3.40. The third-order valence-electron chi connectivity index (χ3n) is 3.24. The molecule has 1 nitrogen and oxygen atoms in total. The van der Waals surface area contributed by atoms with Crippen molar-refractivity contribution in [2.75, 3.05) is 0 Å². The van der Waals surface area contributed by atoms with E-state index >= 15 is 0 Å². The number of hydrogen-bond acceptors (Lipinski definition) is 2. The highest BCUT2D eigenvalue weighted by atomic mass is 79.9. The van der Waals surface area contributed by atoms with E-state index in [1.54, 1.807) is 0 Å². The summed E-state index contributed by atoms with van der Waals surface area (Å²) in [4.78, 5) is 1.44. The monoisotopic (exact) mass is 337 g/mol. The van der Waals surface area contributed by atoms with E-state index in [1.807, 2.05) is 11.3 Å². The number of halogens is 1. The highest BCUT2D eigenvalue weighted by Crippen LogP contribution is 2.22. The van der Waals surface area contributed by atoms with Crippen LogP contribution in [0, 0.1) is 0 Å². The lowest BCUT2D eigenvalue weighted by atomic mass is 10.1. The Hall–Kier alpha value is -0.640. The van der Waals surface area contributed by atoms with Crippen molar-refractivity contribution in [3.8, 4) is 0 Å². The minimum atomic E-state index is 0.477. The molecule has 1 heterocycles. The highest BCUT2D eigenvalue weighted by Gasteiger charge is 2.13. The third-order valence-corrected chi connectivity index (χ3v) is 4.75. The average Bonchev–Trinajstić information content (AvgIpc) is 2.92. The molecular formula is C16H20BrNS. The van der Waals surface area contributed by atoms with Crippen molar-refractivity contribution in [2.45, 2.75) is 38.8 Å². The number of thiophene rings is 1. The van der Waals surface area contributed by atoms with Crippen molar-refractivity contribution in [1.82, 2.24) is 5.32 Å². The molecule has 19 heavy (non-hydrogen) atoms. The summed E-state index contributed by atoms with van der Waals surface area (Å²) in [7, 11) is 0. The molecule has 0 amide bonds. The van der Waals surface area contributed by atoms with Gasteiger partial charge in [0, 0.05) is 21.4 Å². The first-order chi connectivity index (χ1) is 9.19. The largest absolute Gasteiger partial charge is 0.306 e. The summed E-state index contributed by atoms with van der Waals surface area (Å²) >= 11 is 5.31. The van der Waals surface area contributed by atoms with Gasteiger partial charge in [-0.25, -0.2) is 0 Å². The SMILES string of the molecule is CCC(NC(C)Cc1ccc(Br)cc1)c1cccs1. The predicted molar refractivity (Wildman–Crippen MR) is 87.8 cm³/mol. The van der Waals surface area contributed by atoms with Crippen molar-refractivity contribution in [2.24, 2.45) is 0 Å². The Morgan fingerprint density at radius 2 is 1.95 bits per heavy atom. The maximum atomic E-state index is 3.73. The van der Waals surface area contributed by atoms with Gasteiger partial charge in [0.05, 0.1) is 0 Å². The summed E-state index contributed by atoms with van der Waals surface area (Å²) in [5, 5.41) is 5.88. The van der Waals surface area contributed by atoms with Crippen LogP contribution in [0.25, 0.3) is 0 Å². The zero-order chi connectivity index (χ0) is 13.7. The van der Waals surface area contributed by atoms with Crippen LogP contribution < -0.4 is 5.32 Å². The second-order valence-corrected chi connectivity index (χ2v) is 6.77. The van der Waals surface area contributed by atoms with E-state index in [0.29, 0.717) is 12.1 Å². The summed E-state index contributed by atoms with van der Waals surface area (Å²) in [6.45, 7) is 4.50. The number of nitrogens with one attached hydrogen (secondary N) is 1. The van der Waals surface area contributed by atoms with Gasteiger partial charge in [-0.05, 0) is 48.9 Å². The highest BCUT2D eigenvalue weighted by molar-refractivity contribution is 9.10. The second kappa shape index (κ2) is 7.22. The number of hydrogen-bond donors (Lipinski definition) is 1. The van der Waals surface area contributed by atoms with Gasteiger partial charge < -0.3 is 5.32 Å². The van der Waals surface area contributed by atoms with Gasteiger partial charge >= 0.3 is 0 Å². The molecule has 0 spiro atoms. The molecule has 0 radical (unpaired) electrons. The smallest absolute Gasteiger partial charge is 0.0414 e. The van der Waals surface area contributed by atoms with E-state index in [0.717, 1.165) is 17.3 Å². The molecule has 102 valence electrons. The maximum absolute atomic E-state index is 3.73. The van der Waals surface area contributed by atoms with Crippen molar-refractivity contribution in [3.05, 3.63) is 56.7 Å². The molecular weight excluding hydrogens is 318 g/mol. The van der Waals surface area contributed by atoms with Gasteiger partial charge in [-0.3, -0.25) is 0 Å². The Labute approximate surface area is 128 Å². The molecule has 0 fully saturated rings. The topological polar surface area (TPSA) is 12.0 Å². The molecule has 1 N–H and O–H groups in total. The van der Waals surface area contributed by atoms with E-state index in [-0.39, 0.29) is 0 Å². The Kier molecular flexibility index (Phi) is 5.61. The van der Waals surface area contributed by atoms with Crippen LogP contribution in [0.4, 0.5) is 0 Å². The van der Waals surface area contributed by atoms with Crippen molar-refractivity contribution in [1.29, 1.82) is 0 Å². The van der Waals surface area contributed by atoms with Gasteiger partial charge in [-0.2, -0.15) is 0 Å². The maximum Gasteiger partial charge on any atom is 0.0414 e. The molecule has 0 aliphatic rings. The Morgan fingerprint density at radius 3 is 2.53 bits per heavy atom. The minimum absolute atomic E-state index is 0.477. The molecule has 1 aromatic heterocycles. The predicted octanol–water partition coefficient (Wildman–Crippen LogP) is 5.18. The van der Waals surface area contributed by atoms with Crippen LogP contribution in [-0.4, -0.2) is 6.04 Å². The molecule has 0 saturated heterocycles. The van der Waals surface area contributed by atoms with Gasteiger partial charge in [0.2, 0.25) is 0 Å². The van der Waals surface area contributed by atoms with Gasteiger partial charge in [-0.1, -0.05) is 41.1 Å². The van der Waals surface area contributed by atoms with E-state index in [2.05, 4.69) is 76.9 Å². The first-order valence-electron chi connectivity index (χ1n) is 6.73. The zero-order valence-electron chi connectivity index (χ0n) is 11.4. The van der Waals surface area contributed by atoms with Gasteiger partial charge in [0.15, 0.2) is 0 Å². The van der Waals surface area contributed by atoms with Crippen molar-refractivity contribution >= 4 is 27.3 Å². The fourth-order valence-electron chi connectivity index (χ4n) is 2.27. The summed E-state index contributed by atoms with van der Waals surface area (Å²) in [6.07, 6.45) is 2.19. The Morgan fingerprint density at radius 1 is 1.21 bits per heavy atom. The molecule has 2 rings (SSSR count). The average molecular weight is 338 g/mol. The lowest BCUT2D eigenvalue weighted by Gasteiger charge is -2.21. The number of benzene rings is 1. The van der Waals surface area contributed by atoms with Crippen LogP contribution in [-0.2, 0) is 6.42 Å². The molecule has 0 bridgehead atoms. The molecule has 0 aliphatic heterocycles. The van der Waals surface area contributed by atoms with Crippen molar-refractivity contribution in [3.63, 3.8) is 0 Å². The second-order valence-electron chi connectivity index (χ2n) is 4.87. The third kappa shape index (κ3) is 4.44. The minimum Gasteiger partial charge on any atom is -0.306 e. The van der Waals surface area contributed by atoms with E-state index in [1.165, 1.54) is 10.4 Å². The van der Waals surface area contributed by atoms with E-state index in [4.69, 9.17) is 0 Å². The normalized spacial score (nSPS) is 14.3. The van der Waals surface area contributed by atoms with E-state index in [9.17, 15) is 0 Å². The summed E-state index contributed by atoms with van der Waals surface area (Å²) in [6, 6.07) is 13.9. The standard InChI is InChI=1S/C16H20BrNS/c1-3-15(16-5-4-10-19-16)18-12(2)11-13-6-8-14(17)9-7-13/h4-10,12,15,18H,3,11H2,1-2H3. The van der Waals surface area contributed by atoms with Gasteiger partial charge in [0.25, 0.3) is 0 Å². The van der Waals surface area contributed by atoms with Crippen LogP contribution in [0.2, 0.25) is 0 Å². The summed E-state index contributed by atoms with van der Waals surface area (Å²) in [5.74, 6) is 0. The molecule has 2 unspecified atom stereocenters.